The zero-order chi connectivity index (χ0) is 67.2. The van der Waals surface area contributed by atoms with E-state index in [0.717, 1.165) is 50.6 Å². The number of methoxy groups -OCH3 is 3. The highest BCUT2D eigenvalue weighted by molar-refractivity contribution is 7.90. The van der Waals surface area contributed by atoms with Gasteiger partial charge in [0, 0.05) is 26.8 Å². The molecule has 0 unspecified atom stereocenters. The maximum Gasteiger partial charge on any atom is 0.329 e. The Hall–Kier alpha value is -9.49. The normalized spacial score (nSPS) is 11.3. The minimum Gasteiger partial charge on any atom is -0.497 e. The number of nitrogens with two attached hydrogens (primary N) is 2. The largest absolute Gasteiger partial charge is 0.497 e. The quantitative estimate of drug-likeness (QED) is 0.0462. The number of nitrogen functional groups attached to an aromatic ring is 1. The number of primary sulfonamides is 1. The molecule has 9 aromatic rings. The van der Waals surface area contributed by atoms with Crippen LogP contribution in [-0.2, 0) is 30.1 Å². The summed E-state index contributed by atoms with van der Waals surface area (Å²) in [5, 5.41) is 10.8. The highest BCUT2D eigenvalue weighted by Gasteiger charge is 2.27. The number of halogens is 2. The van der Waals surface area contributed by atoms with Crippen LogP contribution in [-0.4, -0.2) is 69.7 Å². The number of amides is 4. The number of benzene rings is 9. The fraction of sp³-hybridized carbons (Fsp3) is 0.176. The molecule has 0 bridgehead atoms. The van der Waals surface area contributed by atoms with Gasteiger partial charge in [-0.25, -0.2) is 49.4 Å². The van der Waals surface area contributed by atoms with Crippen LogP contribution in [0.15, 0.2) is 215 Å². The van der Waals surface area contributed by atoms with Crippen LogP contribution >= 0.6 is 23.2 Å². The second-order valence-corrected chi connectivity index (χ2v) is 27.8. The maximum atomic E-state index is 12.9. The SMILES string of the molecule is C.COc1ccc(-c2cccc(Oc3ccc(Cl)cc3S(=O)(=O)NC(=O)NC(C)(C)C)c2)cc1.COc1ccc(-c2cccc(Oc3ccc(Cl)cc3S(N)(=O)=O)c2)cc1.COc1ccc(-c2cccc(Oc3ccc(N)cc3S(=O)(=O)NC(=O)NC(C)(C)C)c2)cc1. The van der Waals surface area contributed by atoms with Gasteiger partial charge in [0.15, 0.2) is 0 Å². The molecule has 0 fully saturated rings. The molecule has 490 valence electrons. The minimum atomic E-state index is -4.26. The van der Waals surface area contributed by atoms with E-state index in [1.54, 1.807) is 111 Å². The lowest BCUT2D eigenvalue weighted by molar-refractivity contribution is 0.236. The molecular weight excluding hydrogens is 1290 g/mol. The molecule has 0 saturated heterocycles. The fourth-order valence-corrected chi connectivity index (χ4v) is 11.7. The Morgan fingerprint density at radius 3 is 1.00 bits per heavy atom. The van der Waals surface area contributed by atoms with Crippen LogP contribution in [0.5, 0.6) is 51.7 Å². The van der Waals surface area contributed by atoms with Crippen LogP contribution in [0.25, 0.3) is 33.4 Å². The summed E-state index contributed by atoms with van der Waals surface area (Å²) in [6.45, 7) is 10.4. The number of ether oxygens (including phenoxy) is 6. The predicted molar refractivity (Wildman–Crippen MR) is 365 cm³/mol. The Balaban J connectivity index is 0.000000222. The summed E-state index contributed by atoms with van der Waals surface area (Å²) < 4.78 is 112. The Morgan fingerprint density at radius 2 is 0.688 bits per heavy atom. The summed E-state index contributed by atoms with van der Waals surface area (Å²) >= 11 is 11.9. The van der Waals surface area contributed by atoms with Crippen molar-refractivity contribution >= 4 is 71.0 Å². The molecule has 0 atom stereocenters. The lowest BCUT2D eigenvalue weighted by Gasteiger charge is -2.21. The number of urea groups is 2. The molecule has 8 N–H and O–H groups in total. The standard InChI is InChI=1S/C24H25ClN2O5S.C24H27N3O5S.C19H16ClNO4S.CH4/c2*1-24(2,3)26-23(28)27-33(29,30)22-15-18(25)10-13-21(22)32-20-7-5-6-17(14-20)16-8-11-19(31-4)12-9-16;1-24-16-8-5-13(6-9-16)14-3-2-4-17(11-14)25-18-10-7-15(20)12-19(18)26(21,22)23;/h5-15H,1-4H3,(H2,26,27,28);5-15H,25H2,1-4H3,(H2,26,27,28);2-12H,1H3,(H2,21,22,23);1H4. The van der Waals surface area contributed by atoms with Crippen molar-refractivity contribution in [2.24, 2.45) is 5.14 Å². The molecule has 0 aliphatic heterocycles. The maximum absolute atomic E-state index is 12.9. The Labute approximate surface area is 553 Å². The number of hydrogen-bond acceptors (Lipinski definition) is 15. The van der Waals surface area contributed by atoms with Crippen molar-refractivity contribution in [3.63, 3.8) is 0 Å². The van der Waals surface area contributed by atoms with Crippen LogP contribution < -0.4 is 59.4 Å². The molecule has 0 radical (unpaired) electrons. The van der Waals surface area contributed by atoms with Gasteiger partial charge in [0.25, 0.3) is 20.0 Å². The summed E-state index contributed by atoms with van der Waals surface area (Å²) in [5.74, 6) is 3.74. The first-order valence-electron chi connectivity index (χ1n) is 27.8. The zero-order valence-electron chi connectivity index (χ0n) is 51.4. The molecule has 0 saturated carbocycles. The van der Waals surface area contributed by atoms with Crippen molar-refractivity contribution in [2.45, 2.75) is 74.7 Å². The van der Waals surface area contributed by atoms with Gasteiger partial charge in [0.1, 0.15) is 66.4 Å². The number of carbonyl (C=O) groups excluding carboxylic acids is 2. The first kappa shape index (κ1) is 72.6. The number of sulfonamides is 3. The van der Waals surface area contributed by atoms with E-state index in [-0.39, 0.29) is 55.1 Å². The van der Waals surface area contributed by atoms with Gasteiger partial charge in [-0.05, 0) is 202 Å². The number of anilines is 1. The Kier molecular flexibility index (Phi) is 24.4. The minimum absolute atomic E-state index is 0. The monoisotopic (exact) mass is 1360 g/mol. The van der Waals surface area contributed by atoms with Gasteiger partial charge in [-0.3, -0.25) is 0 Å². The first-order chi connectivity index (χ1) is 43.3. The van der Waals surface area contributed by atoms with Crippen molar-refractivity contribution in [1.82, 2.24) is 20.1 Å². The van der Waals surface area contributed by atoms with Gasteiger partial charge < -0.3 is 44.8 Å². The van der Waals surface area contributed by atoms with Gasteiger partial charge in [-0.2, -0.15) is 0 Å². The Morgan fingerprint density at radius 1 is 0.387 bits per heavy atom. The lowest BCUT2D eigenvalue weighted by atomic mass is 10.1. The van der Waals surface area contributed by atoms with E-state index in [1.165, 1.54) is 48.5 Å². The van der Waals surface area contributed by atoms with E-state index in [9.17, 15) is 34.8 Å². The number of rotatable bonds is 17. The van der Waals surface area contributed by atoms with E-state index in [2.05, 4.69) is 10.6 Å². The van der Waals surface area contributed by atoms with E-state index >= 15 is 0 Å². The highest BCUT2D eigenvalue weighted by Crippen LogP contribution is 2.37. The van der Waals surface area contributed by atoms with Crippen molar-refractivity contribution in [3.8, 4) is 85.1 Å². The van der Waals surface area contributed by atoms with Crippen LogP contribution in [0.2, 0.25) is 10.0 Å². The van der Waals surface area contributed by atoms with Crippen molar-refractivity contribution in [3.05, 3.63) is 210 Å². The van der Waals surface area contributed by atoms with Gasteiger partial charge in [0.05, 0.1) is 21.3 Å². The van der Waals surface area contributed by atoms with Gasteiger partial charge in [-0.15, -0.1) is 0 Å². The number of carbonyl (C=O) groups is 2. The average Bonchev–Trinajstić information content (AvgIpc) is 1.21. The third kappa shape index (κ3) is 21.6. The second kappa shape index (κ2) is 31.2. The van der Waals surface area contributed by atoms with Gasteiger partial charge in [-0.1, -0.05) is 103 Å². The molecule has 0 aliphatic carbocycles. The molecule has 0 aliphatic rings. The Bertz CT molecular complexity index is 4240. The van der Waals surface area contributed by atoms with Gasteiger partial charge >= 0.3 is 12.1 Å². The second-order valence-electron chi connectivity index (χ2n) is 22.1. The van der Waals surface area contributed by atoms with Gasteiger partial charge in [0.2, 0.25) is 10.0 Å². The van der Waals surface area contributed by atoms with Crippen LogP contribution in [0.4, 0.5) is 15.3 Å². The fourth-order valence-electron chi connectivity index (χ4n) is 8.42. The zero-order valence-corrected chi connectivity index (χ0v) is 55.4. The summed E-state index contributed by atoms with van der Waals surface area (Å²) in [6, 6.07) is 55.3. The first-order valence-corrected chi connectivity index (χ1v) is 33.1. The number of nitrogens with one attached hydrogen (secondary N) is 4. The molecule has 0 spiro atoms. The highest BCUT2D eigenvalue weighted by atomic mass is 35.5. The van der Waals surface area contributed by atoms with E-state index in [0.29, 0.717) is 17.2 Å². The van der Waals surface area contributed by atoms with E-state index in [4.69, 9.17) is 62.5 Å². The third-order valence-corrected chi connectivity index (χ3v) is 16.7. The predicted octanol–water partition coefficient (Wildman–Crippen LogP) is 15.2. The molecule has 0 aromatic heterocycles. The molecule has 9 rings (SSSR count). The molecule has 4 amide bonds. The summed E-state index contributed by atoms with van der Waals surface area (Å²) in [4.78, 5) is 23.7. The van der Waals surface area contributed by atoms with Crippen LogP contribution in [0, 0.1) is 0 Å². The summed E-state index contributed by atoms with van der Waals surface area (Å²) in [6.07, 6.45) is 0. The molecule has 0 heterocycles. The number of hydrogen-bond donors (Lipinski definition) is 6. The molecular formula is C68H72Cl2N6O14S3. The molecule has 93 heavy (non-hydrogen) atoms. The van der Waals surface area contributed by atoms with Crippen molar-refractivity contribution < 1.29 is 63.3 Å². The van der Waals surface area contributed by atoms with Crippen molar-refractivity contribution in [2.75, 3.05) is 27.1 Å². The summed E-state index contributed by atoms with van der Waals surface area (Å²) in [7, 11) is -7.68. The summed E-state index contributed by atoms with van der Waals surface area (Å²) in [5.41, 5.74) is 10.3. The van der Waals surface area contributed by atoms with E-state index in [1.807, 2.05) is 113 Å². The smallest absolute Gasteiger partial charge is 0.329 e. The average molecular weight is 1360 g/mol. The lowest BCUT2D eigenvalue weighted by Crippen LogP contribution is -2.48. The molecule has 9 aromatic carbocycles. The third-order valence-electron chi connectivity index (χ3n) is 12.6. The van der Waals surface area contributed by atoms with E-state index < -0.39 is 53.2 Å². The van der Waals surface area contributed by atoms with Crippen molar-refractivity contribution in [1.29, 1.82) is 0 Å². The molecule has 25 heteroatoms. The van der Waals surface area contributed by atoms with Crippen LogP contribution in [0.1, 0.15) is 49.0 Å². The van der Waals surface area contributed by atoms with Crippen LogP contribution in [0.3, 0.4) is 0 Å². The molecule has 20 nitrogen and oxygen atoms in total. The topological polar surface area (TPSA) is 292 Å².